The Hall–Kier alpha value is -2.38. The number of nitrogens with one attached hydrogen (secondary N) is 2. The highest BCUT2D eigenvalue weighted by atomic mass is 79.9. The molecule has 0 bridgehead atoms. The van der Waals surface area contributed by atoms with E-state index in [4.69, 9.17) is 16.3 Å². The molecule has 1 amide bonds. The van der Waals surface area contributed by atoms with Crippen molar-refractivity contribution in [3.05, 3.63) is 62.9 Å². The lowest BCUT2D eigenvalue weighted by molar-refractivity contribution is 0.0962. The van der Waals surface area contributed by atoms with E-state index < -0.39 is 5.91 Å². The fraction of sp³-hybridized carbons (Fsp3) is 0.211. The predicted octanol–water partition coefficient (Wildman–Crippen LogP) is 4.79. The number of amides is 1. The Morgan fingerprint density at radius 3 is 2.89 bits per heavy atom. The van der Waals surface area contributed by atoms with Crippen LogP contribution in [0.5, 0.6) is 5.88 Å². The number of rotatable bonds is 5. The van der Waals surface area contributed by atoms with Crippen LogP contribution < -0.4 is 15.4 Å². The number of aryl methyl sites for hydroxylation is 1. The minimum Gasteiger partial charge on any atom is -0.480 e. The van der Waals surface area contributed by atoms with Crippen LogP contribution in [0.1, 0.15) is 28.8 Å². The van der Waals surface area contributed by atoms with Gasteiger partial charge in [-0.05, 0) is 37.5 Å². The minimum atomic E-state index is -0.394. The monoisotopic (exact) mass is 448 g/mol. The Morgan fingerprint density at radius 1 is 1.37 bits per heavy atom. The van der Waals surface area contributed by atoms with E-state index in [1.54, 1.807) is 0 Å². The number of hydrogen-bond acceptors (Lipinski definition) is 5. The van der Waals surface area contributed by atoms with Crippen LogP contribution in [0.25, 0.3) is 0 Å². The molecular weight excluding hydrogens is 432 g/mol. The smallest absolute Gasteiger partial charge is 0.262 e. The molecular formula is C19H18BrClN4O2. The second-order valence-electron chi connectivity index (χ2n) is 5.94. The van der Waals surface area contributed by atoms with Gasteiger partial charge in [0.05, 0.1) is 17.8 Å². The summed E-state index contributed by atoms with van der Waals surface area (Å²) in [6.45, 7) is 2.00. The van der Waals surface area contributed by atoms with Gasteiger partial charge >= 0.3 is 0 Å². The zero-order valence-electron chi connectivity index (χ0n) is 14.8. The van der Waals surface area contributed by atoms with Crippen LogP contribution >= 0.6 is 27.5 Å². The third kappa shape index (κ3) is 4.67. The van der Waals surface area contributed by atoms with Gasteiger partial charge < -0.3 is 15.4 Å². The van der Waals surface area contributed by atoms with Crippen molar-refractivity contribution >= 4 is 45.1 Å². The van der Waals surface area contributed by atoms with Gasteiger partial charge in [-0.3, -0.25) is 4.79 Å². The predicted molar refractivity (Wildman–Crippen MR) is 110 cm³/mol. The van der Waals surface area contributed by atoms with E-state index in [1.807, 2.05) is 37.3 Å². The molecule has 1 aliphatic carbocycles. The standard InChI is InChI=1S/C19H18BrClN4O2/c1-11-5-3-6-12(9-11)23-19-22-10-13(18(25-19)27-2)17(26)24-16-14(20)7-4-8-15(16)21/h3,5-6,8-10H,4,7H2,1-2H3,(H,24,26)(H,22,23,25). The van der Waals surface area contributed by atoms with Gasteiger partial charge in [-0.1, -0.05) is 45.7 Å². The maximum Gasteiger partial charge on any atom is 0.262 e. The summed E-state index contributed by atoms with van der Waals surface area (Å²) in [5.41, 5.74) is 2.73. The van der Waals surface area contributed by atoms with E-state index in [1.165, 1.54) is 13.3 Å². The summed E-state index contributed by atoms with van der Waals surface area (Å²) in [5.74, 6) is 0.115. The average molecular weight is 450 g/mol. The van der Waals surface area contributed by atoms with Crippen molar-refractivity contribution in [2.24, 2.45) is 0 Å². The number of nitrogens with zero attached hydrogens (tertiary/aromatic N) is 2. The summed E-state index contributed by atoms with van der Waals surface area (Å²) in [7, 11) is 1.46. The largest absolute Gasteiger partial charge is 0.480 e. The molecule has 0 saturated heterocycles. The van der Waals surface area contributed by atoms with Crippen LogP contribution in [-0.2, 0) is 0 Å². The molecule has 1 aromatic heterocycles. The van der Waals surface area contributed by atoms with Crippen LogP contribution in [0.3, 0.4) is 0 Å². The van der Waals surface area contributed by atoms with E-state index >= 15 is 0 Å². The van der Waals surface area contributed by atoms with E-state index in [2.05, 4.69) is 36.5 Å². The normalized spacial score (nSPS) is 13.9. The number of carbonyl (C=O) groups is 1. The van der Waals surface area contributed by atoms with Crippen molar-refractivity contribution < 1.29 is 9.53 Å². The third-order valence-corrected chi connectivity index (χ3v) is 5.04. The minimum absolute atomic E-state index is 0.172. The SMILES string of the molecule is COc1nc(Nc2cccc(C)c2)ncc1C(=O)NC1=C(Br)CCC=C1Cl. The number of aromatic nitrogens is 2. The zero-order chi connectivity index (χ0) is 19.4. The molecule has 1 aliphatic rings. The van der Waals surface area contributed by atoms with E-state index in [0.717, 1.165) is 28.6 Å². The molecule has 0 aliphatic heterocycles. The topological polar surface area (TPSA) is 76.1 Å². The van der Waals surface area contributed by atoms with E-state index in [0.29, 0.717) is 16.7 Å². The van der Waals surface area contributed by atoms with Crippen LogP contribution in [0.15, 0.2) is 51.8 Å². The number of benzene rings is 1. The molecule has 27 heavy (non-hydrogen) atoms. The first-order chi connectivity index (χ1) is 13.0. The fourth-order valence-electron chi connectivity index (χ4n) is 2.58. The molecule has 0 atom stereocenters. The highest BCUT2D eigenvalue weighted by molar-refractivity contribution is 9.11. The number of ether oxygens (including phenoxy) is 1. The van der Waals surface area contributed by atoms with Crippen molar-refractivity contribution in [3.63, 3.8) is 0 Å². The molecule has 3 rings (SSSR count). The molecule has 8 heteroatoms. The van der Waals surface area contributed by atoms with Crippen molar-refractivity contribution in [2.75, 3.05) is 12.4 Å². The first kappa shape index (κ1) is 19.4. The van der Waals surface area contributed by atoms with Gasteiger partial charge in [0.25, 0.3) is 5.91 Å². The summed E-state index contributed by atoms with van der Waals surface area (Å²) in [5, 5.41) is 6.40. The zero-order valence-corrected chi connectivity index (χ0v) is 17.2. The summed E-state index contributed by atoms with van der Waals surface area (Å²) < 4.78 is 6.13. The van der Waals surface area contributed by atoms with Gasteiger partial charge in [0.2, 0.25) is 11.8 Å². The van der Waals surface area contributed by atoms with Crippen LogP contribution in [0.2, 0.25) is 0 Å². The molecule has 0 fully saturated rings. The fourth-order valence-corrected chi connectivity index (χ4v) is 3.51. The Balaban J connectivity index is 1.82. The molecule has 140 valence electrons. The Labute approximate surface area is 170 Å². The molecule has 0 unspecified atom stereocenters. The summed E-state index contributed by atoms with van der Waals surface area (Å²) in [6.07, 6.45) is 4.89. The first-order valence-electron chi connectivity index (χ1n) is 8.28. The number of methoxy groups -OCH3 is 1. The van der Waals surface area contributed by atoms with Crippen molar-refractivity contribution in [2.45, 2.75) is 19.8 Å². The van der Waals surface area contributed by atoms with Crippen molar-refractivity contribution in [1.29, 1.82) is 0 Å². The molecule has 0 radical (unpaired) electrons. The lowest BCUT2D eigenvalue weighted by Gasteiger charge is -2.16. The molecule has 6 nitrogen and oxygen atoms in total. The Morgan fingerprint density at radius 2 is 2.19 bits per heavy atom. The van der Waals surface area contributed by atoms with Gasteiger partial charge in [-0.2, -0.15) is 4.98 Å². The molecule has 0 spiro atoms. The van der Waals surface area contributed by atoms with Gasteiger partial charge in [0, 0.05) is 16.4 Å². The second kappa shape index (κ2) is 8.54. The van der Waals surface area contributed by atoms with Crippen LogP contribution in [0.4, 0.5) is 11.6 Å². The Kier molecular flexibility index (Phi) is 6.13. The molecule has 1 aromatic carbocycles. The summed E-state index contributed by atoms with van der Waals surface area (Å²) >= 11 is 9.65. The van der Waals surface area contributed by atoms with E-state index in [9.17, 15) is 4.79 Å². The van der Waals surface area contributed by atoms with Gasteiger partial charge in [0.15, 0.2) is 0 Å². The Bertz CT molecular complexity index is 943. The summed E-state index contributed by atoms with van der Waals surface area (Å²) in [6, 6.07) is 7.81. The quantitative estimate of drug-likeness (QED) is 0.686. The second-order valence-corrected chi connectivity index (χ2v) is 7.30. The molecule has 2 N–H and O–H groups in total. The summed E-state index contributed by atoms with van der Waals surface area (Å²) in [4.78, 5) is 21.2. The molecule has 2 aromatic rings. The number of hydrogen-bond donors (Lipinski definition) is 2. The first-order valence-corrected chi connectivity index (χ1v) is 9.45. The van der Waals surface area contributed by atoms with E-state index in [-0.39, 0.29) is 11.4 Å². The van der Waals surface area contributed by atoms with Gasteiger partial charge in [-0.15, -0.1) is 0 Å². The number of halogens is 2. The average Bonchev–Trinajstić information content (AvgIpc) is 2.64. The van der Waals surface area contributed by atoms with Crippen molar-refractivity contribution in [1.82, 2.24) is 15.3 Å². The van der Waals surface area contributed by atoms with Gasteiger partial charge in [0.1, 0.15) is 5.56 Å². The highest BCUT2D eigenvalue weighted by Crippen LogP contribution is 2.30. The van der Waals surface area contributed by atoms with Crippen LogP contribution in [0, 0.1) is 6.92 Å². The number of carbonyl (C=O) groups excluding carboxylic acids is 1. The molecule has 1 heterocycles. The van der Waals surface area contributed by atoms with Crippen LogP contribution in [-0.4, -0.2) is 23.0 Å². The number of allylic oxidation sites excluding steroid dienone is 3. The lowest BCUT2D eigenvalue weighted by atomic mass is 10.1. The van der Waals surface area contributed by atoms with Gasteiger partial charge in [-0.25, -0.2) is 4.98 Å². The third-order valence-electron chi connectivity index (χ3n) is 3.90. The maximum absolute atomic E-state index is 12.7. The number of anilines is 2. The molecule has 0 saturated carbocycles. The maximum atomic E-state index is 12.7. The lowest BCUT2D eigenvalue weighted by Crippen LogP contribution is -2.25. The highest BCUT2D eigenvalue weighted by Gasteiger charge is 2.20. The van der Waals surface area contributed by atoms with Crippen molar-refractivity contribution in [3.8, 4) is 5.88 Å².